The summed E-state index contributed by atoms with van der Waals surface area (Å²) in [5.41, 5.74) is 5.96. The molecular formula is C8H7ClN2O2. The Morgan fingerprint density at radius 2 is 2.38 bits per heavy atom. The van der Waals surface area contributed by atoms with Crippen molar-refractivity contribution in [1.82, 2.24) is 4.98 Å². The summed E-state index contributed by atoms with van der Waals surface area (Å²) in [6, 6.07) is 3.23. The monoisotopic (exact) mass is 198 g/mol. The van der Waals surface area contributed by atoms with Gasteiger partial charge in [0.05, 0.1) is 0 Å². The highest BCUT2D eigenvalue weighted by atomic mass is 35.5. The van der Waals surface area contributed by atoms with Crippen LogP contribution in [0.4, 0.5) is 0 Å². The van der Waals surface area contributed by atoms with Crippen molar-refractivity contribution in [3.8, 4) is 0 Å². The number of aliphatic carboxylic acids is 1. The third-order valence-electron chi connectivity index (χ3n) is 1.35. The Hall–Kier alpha value is -1.55. The lowest BCUT2D eigenvalue weighted by Crippen LogP contribution is -2.01. The van der Waals surface area contributed by atoms with Crippen LogP contribution in [-0.4, -0.2) is 16.1 Å². The van der Waals surface area contributed by atoms with Crippen LogP contribution in [0.5, 0.6) is 0 Å². The van der Waals surface area contributed by atoms with Gasteiger partial charge in [-0.05, 0) is 12.1 Å². The van der Waals surface area contributed by atoms with E-state index < -0.39 is 5.97 Å². The molecule has 5 heteroatoms. The molecule has 0 aliphatic carbocycles. The van der Waals surface area contributed by atoms with Gasteiger partial charge in [0.15, 0.2) is 0 Å². The molecule has 3 N–H and O–H groups in total. The van der Waals surface area contributed by atoms with Gasteiger partial charge in [-0.2, -0.15) is 0 Å². The zero-order chi connectivity index (χ0) is 9.84. The fourth-order valence-corrected chi connectivity index (χ4v) is 1.04. The maximum absolute atomic E-state index is 10.3. The van der Waals surface area contributed by atoms with Crippen LogP contribution in [0.1, 0.15) is 5.56 Å². The molecule has 68 valence electrons. The molecule has 0 atom stereocenters. The maximum Gasteiger partial charge on any atom is 0.330 e. The van der Waals surface area contributed by atoms with Crippen LogP contribution in [0.3, 0.4) is 0 Å². The van der Waals surface area contributed by atoms with Crippen molar-refractivity contribution in [2.45, 2.75) is 0 Å². The van der Waals surface area contributed by atoms with Gasteiger partial charge in [0.25, 0.3) is 0 Å². The largest absolute Gasteiger partial charge is 0.478 e. The fourth-order valence-electron chi connectivity index (χ4n) is 0.812. The lowest BCUT2D eigenvalue weighted by Gasteiger charge is -2.01. The van der Waals surface area contributed by atoms with Crippen molar-refractivity contribution in [2.75, 3.05) is 0 Å². The predicted molar refractivity (Wildman–Crippen MR) is 49.0 cm³/mol. The number of rotatable bonds is 2. The minimum atomic E-state index is -1.11. The van der Waals surface area contributed by atoms with Gasteiger partial charge in [-0.3, -0.25) is 0 Å². The highest BCUT2D eigenvalue weighted by molar-refractivity contribution is 6.31. The topological polar surface area (TPSA) is 76.2 Å². The summed E-state index contributed by atoms with van der Waals surface area (Å²) in [5.74, 6) is -1.11. The number of aromatic nitrogens is 1. The normalized spacial score (nSPS) is 11.3. The average molecular weight is 199 g/mol. The summed E-state index contributed by atoms with van der Waals surface area (Å²) in [4.78, 5) is 14.0. The third kappa shape index (κ3) is 2.45. The van der Waals surface area contributed by atoms with E-state index in [1.165, 1.54) is 6.20 Å². The highest BCUT2D eigenvalue weighted by Crippen LogP contribution is 2.16. The van der Waals surface area contributed by atoms with E-state index in [1.807, 2.05) is 0 Å². The first-order valence-corrected chi connectivity index (χ1v) is 3.80. The Bertz CT molecular complexity index is 363. The number of carbonyl (C=O) groups is 1. The summed E-state index contributed by atoms with van der Waals surface area (Å²) in [6.45, 7) is 0. The lowest BCUT2D eigenvalue weighted by molar-refractivity contribution is -0.131. The van der Waals surface area contributed by atoms with E-state index >= 15 is 0 Å². The van der Waals surface area contributed by atoms with E-state index in [0.717, 1.165) is 6.08 Å². The minimum Gasteiger partial charge on any atom is -0.478 e. The number of hydrogen-bond donors (Lipinski definition) is 2. The number of carboxylic acids is 1. The second kappa shape index (κ2) is 3.91. The van der Waals surface area contributed by atoms with Crippen LogP contribution < -0.4 is 5.73 Å². The molecule has 4 nitrogen and oxygen atoms in total. The van der Waals surface area contributed by atoms with E-state index in [4.69, 9.17) is 22.4 Å². The Morgan fingerprint density at radius 3 is 2.92 bits per heavy atom. The van der Waals surface area contributed by atoms with Crippen LogP contribution in [0.15, 0.2) is 24.4 Å². The van der Waals surface area contributed by atoms with Crippen LogP contribution >= 0.6 is 11.6 Å². The van der Waals surface area contributed by atoms with Gasteiger partial charge in [0, 0.05) is 23.5 Å². The van der Waals surface area contributed by atoms with Gasteiger partial charge in [-0.15, -0.1) is 0 Å². The van der Waals surface area contributed by atoms with Gasteiger partial charge in [-0.25, -0.2) is 9.78 Å². The predicted octanol–water partition coefficient (Wildman–Crippen LogP) is 1.12. The molecule has 0 aromatic carbocycles. The Balaban J connectivity index is 3.08. The quantitative estimate of drug-likeness (QED) is 0.552. The summed E-state index contributed by atoms with van der Waals surface area (Å²) in [6.07, 6.45) is 2.38. The van der Waals surface area contributed by atoms with Gasteiger partial charge in [-0.1, -0.05) is 11.6 Å². The van der Waals surface area contributed by atoms with E-state index in [2.05, 4.69) is 4.98 Å². The van der Waals surface area contributed by atoms with Gasteiger partial charge < -0.3 is 10.8 Å². The SMILES string of the molecule is NC(=CC(=O)O)c1cccnc1Cl. The number of halogens is 1. The van der Waals surface area contributed by atoms with E-state index in [1.54, 1.807) is 12.1 Å². The highest BCUT2D eigenvalue weighted by Gasteiger charge is 2.04. The molecule has 0 aliphatic heterocycles. The van der Waals surface area contributed by atoms with Crippen molar-refractivity contribution in [2.24, 2.45) is 5.73 Å². The summed E-state index contributed by atoms with van der Waals surface area (Å²) in [5, 5.41) is 8.61. The first-order valence-electron chi connectivity index (χ1n) is 3.42. The molecule has 0 saturated carbocycles. The summed E-state index contributed by atoms with van der Waals surface area (Å²) >= 11 is 5.68. The van der Waals surface area contributed by atoms with Crippen LogP contribution in [-0.2, 0) is 4.79 Å². The van der Waals surface area contributed by atoms with Gasteiger partial charge >= 0.3 is 5.97 Å². The van der Waals surface area contributed by atoms with Crippen molar-refractivity contribution in [3.63, 3.8) is 0 Å². The Morgan fingerprint density at radius 1 is 1.69 bits per heavy atom. The molecule has 0 fully saturated rings. The van der Waals surface area contributed by atoms with Crippen LogP contribution in [0.25, 0.3) is 5.70 Å². The van der Waals surface area contributed by atoms with Gasteiger partial charge in [0.2, 0.25) is 0 Å². The summed E-state index contributed by atoms with van der Waals surface area (Å²) < 4.78 is 0. The summed E-state index contributed by atoms with van der Waals surface area (Å²) in [7, 11) is 0. The molecule has 0 spiro atoms. The molecule has 1 heterocycles. The molecule has 1 aromatic heterocycles. The van der Waals surface area contributed by atoms with E-state index in [-0.39, 0.29) is 10.9 Å². The lowest BCUT2D eigenvalue weighted by atomic mass is 10.2. The minimum absolute atomic E-state index is 0.0885. The molecule has 0 aliphatic rings. The van der Waals surface area contributed by atoms with Crippen molar-refractivity contribution < 1.29 is 9.90 Å². The fraction of sp³-hybridized carbons (Fsp3) is 0. The molecule has 0 radical (unpaired) electrons. The number of pyridine rings is 1. The third-order valence-corrected chi connectivity index (χ3v) is 1.65. The molecule has 0 unspecified atom stereocenters. The second-order valence-electron chi connectivity index (χ2n) is 2.28. The molecular weight excluding hydrogens is 192 g/mol. The van der Waals surface area contributed by atoms with Crippen LogP contribution in [0.2, 0.25) is 5.15 Å². The number of nitrogens with two attached hydrogens (primary N) is 1. The number of hydrogen-bond acceptors (Lipinski definition) is 3. The average Bonchev–Trinajstić information content (AvgIpc) is 2.03. The van der Waals surface area contributed by atoms with Crippen LogP contribution in [0, 0.1) is 0 Å². The standard InChI is InChI=1S/C8H7ClN2O2/c9-8-5(2-1-3-11-8)6(10)4-7(12)13/h1-4H,10H2,(H,12,13). The van der Waals surface area contributed by atoms with Crippen molar-refractivity contribution in [3.05, 3.63) is 35.1 Å². The Labute approximate surface area is 79.7 Å². The number of nitrogens with zero attached hydrogens (tertiary/aromatic N) is 1. The smallest absolute Gasteiger partial charge is 0.330 e. The maximum atomic E-state index is 10.3. The molecule has 1 aromatic rings. The van der Waals surface area contributed by atoms with Crippen molar-refractivity contribution in [1.29, 1.82) is 0 Å². The van der Waals surface area contributed by atoms with E-state index in [0.29, 0.717) is 5.56 Å². The van der Waals surface area contributed by atoms with Gasteiger partial charge in [0.1, 0.15) is 5.15 Å². The molecule has 0 amide bonds. The zero-order valence-corrected chi connectivity index (χ0v) is 7.32. The molecule has 13 heavy (non-hydrogen) atoms. The van der Waals surface area contributed by atoms with Crippen molar-refractivity contribution >= 4 is 23.3 Å². The molecule has 1 rings (SSSR count). The van der Waals surface area contributed by atoms with E-state index in [9.17, 15) is 4.79 Å². The first kappa shape index (κ1) is 9.54. The molecule has 0 bridgehead atoms. The molecule has 0 saturated heterocycles. The first-order chi connectivity index (χ1) is 6.11. The number of carboxylic acid groups (broad SMARTS) is 1. The second-order valence-corrected chi connectivity index (χ2v) is 2.64. The Kier molecular flexibility index (Phi) is 2.87. The zero-order valence-electron chi connectivity index (χ0n) is 6.57.